The van der Waals surface area contributed by atoms with E-state index in [9.17, 15) is 4.79 Å². The van der Waals surface area contributed by atoms with Crippen LogP contribution in [0.2, 0.25) is 0 Å². The van der Waals surface area contributed by atoms with Crippen LogP contribution in [0.5, 0.6) is 0 Å². The Bertz CT molecular complexity index is 720. The monoisotopic (exact) mass is 299 g/mol. The molecule has 1 aromatic heterocycles. The minimum Gasteiger partial charge on any atom is -0.332 e. The van der Waals surface area contributed by atoms with Crippen molar-refractivity contribution >= 4 is 28.7 Å². The van der Waals surface area contributed by atoms with Crippen molar-refractivity contribution in [3.63, 3.8) is 0 Å². The van der Waals surface area contributed by atoms with E-state index in [-0.39, 0.29) is 5.91 Å². The molecule has 2 aliphatic rings. The molecule has 4 nitrogen and oxygen atoms in total. The maximum absolute atomic E-state index is 12.9. The Kier molecular flexibility index (Phi) is 3.03. The molecule has 2 saturated heterocycles. The van der Waals surface area contributed by atoms with Gasteiger partial charge < -0.3 is 4.90 Å². The first-order chi connectivity index (χ1) is 10.3. The number of hydrogen-bond acceptors (Lipinski definition) is 4. The topological polar surface area (TPSA) is 46.1 Å². The smallest absolute Gasteiger partial charge is 0.254 e. The summed E-state index contributed by atoms with van der Waals surface area (Å²) in [6.07, 6.45) is 6.57. The summed E-state index contributed by atoms with van der Waals surface area (Å²) >= 11 is 1.19. The maximum Gasteiger partial charge on any atom is 0.254 e. The lowest BCUT2D eigenvalue weighted by Crippen LogP contribution is -2.44. The van der Waals surface area contributed by atoms with Crippen molar-refractivity contribution in [1.29, 1.82) is 0 Å². The lowest BCUT2D eigenvalue weighted by atomic mass is 9.95. The fourth-order valence-electron chi connectivity index (χ4n) is 3.68. The molecule has 1 aromatic carbocycles. The van der Waals surface area contributed by atoms with Crippen LogP contribution in [-0.2, 0) is 0 Å². The van der Waals surface area contributed by atoms with Crippen molar-refractivity contribution in [2.45, 2.75) is 44.7 Å². The van der Waals surface area contributed by atoms with Gasteiger partial charge in [-0.15, -0.1) is 0 Å². The van der Waals surface area contributed by atoms with Crippen molar-refractivity contribution in [3.8, 4) is 0 Å². The molecule has 0 saturated carbocycles. The van der Waals surface area contributed by atoms with Crippen LogP contribution < -0.4 is 0 Å². The largest absolute Gasteiger partial charge is 0.332 e. The van der Waals surface area contributed by atoms with Crippen LogP contribution in [0.4, 0.5) is 0 Å². The third kappa shape index (κ3) is 2.07. The van der Waals surface area contributed by atoms with Gasteiger partial charge in [-0.05, 0) is 50.8 Å². The van der Waals surface area contributed by atoms with E-state index in [4.69, 9.17) is 0 Å². The van der Waals surface area contributed by atoms with Crippen LogP contribution in [0.15, 0.2) is 29.8 Å². The Morgan fingerprint density at radius 2 is 1.95 bits per heavy atom. The summed E-state index contributed by atoms with van der Waals surface area (Å²) in [4.78, 5) is 15.0. The summed E-state index contributed by atoms with van der Waals surface area (Å²) in [5.74, 6) is 0.160. The van der Waals surface area contributed by atoms with Crippen LogP contribution in [0.25, 0.3) is 11.0 Å². The molecule has 3 heterocycles. The molecule has 2 unspecified atom stereocenters. The molecular weight excluding hydrogens is 282 g/mol. The second kappa shape index (κ2) is 4.91. The molecule has 2 atom stereocenters. The third-order valence-electron chi connectivity index (χ3n) is 4.76. The molecule has 2 bridgehead atoms. The molecule has 2 aromatic rings. The van der Waals surface area contributed by atoms with Gasteiger partial charge in [0.25, 0.3) is 5.91 Å². The normalized spacial score (nSPS) is 24.6. The highest BCUT2D eigenvalue weighted by molar-refractivity contribution is 7.00. The van der Waals surface area contributed by atoms with Crippen LogP contribution in [0.3, 0.4) is 0 Å². The first-order valence-corrected chi connectivity index (χ1v) is 8.18. The second-order valence-corrected chi connectivity index (χ2v) is 6.45. The van der Waals surface area contributed by atoms with Gasteiger partial charge in [-0.25, -0.2) is 0 Å². The Balaban J connectivity index is 1.65. The van der Waals surface area contributed by atoms with Crippen LogP contribution >= 0.6 is 11.7 Å². The average molecular weight is 299 g/mol. The Morgan fingerprint density at radius 1 is 1.24 bits per heavy atom. The zero-order valence-corrected chi connectivity index (χ0v) is 12.8. The van der Waals surface area contributed by atoms with E-state index in [2.05, 4.69) is 26.6 Å². The predicted octanol–water partition coefficient (Wildman–Crippen LogP) is 3.40. The van der Waals surface area contributed by atoms with Crippen molar-refractivity contribution in [2.75, 3.05) is 0 Å². The molecule has 5 heteroatoms. The van der Waals surface area contributed by atoms with Crippen LogP contribution in [-0.4, -0.2) is 31.6 Å². The molecule has 0 spiro atoms. The molecule has 4 rings (SSSR count). The summed E-state index contributed by atoms with van der Waals surface area (Å²) in [6, 6.07) is 6.43. The molecule has 0 aliphatic carbocycles. The zero-order valence-electron chi connectivity index (χ0n) is 12.0. The molecule has 21 heavy (non-hydrogen) atoms. The highest BCUT2D eigenvalue weighted by atomic mass is 32.1. The Hall–Kier alpha value is -1.75. The molecule has 2 fully saturated rings. The summed E-state index contributed by atoms with van der Waals surface area (Å²) < 4.78 is 8.43. The molecule has 2 aliphatic heterocycles. The van der Waals surface area contributed by atoms with Gasteiger partial charge in [-0.1, -0.05) is 11.6 Å². The molecule has 0 N–H and O–H groups in total. The van der Waals surface area contributed by atoms with E-state index in [0.29, 0.717) is 12.1 Å². The van der Waals surface area contributed by atoms with Crippen molar-refractivity contribution in [1.82, 2.24) is 13.6 Å². The van der Waals surface area contributed by atoms with Gasteiger partial charge in [0.2, 0.25) is 0 Å². The highest BCUT2D eigenvalue weighted by Crippen LogP contribution is 2.39. The van der Waals surface area contributed by atoms with Gasteiger partial charge in [-0.2, -0.15) is 8.75 Å². The fraction of sp³-hybridized carbons (Fsp3) is 0.438. The van der Waals surface area contributed by atoms with Gasteiger partial charge in [0, 0.05) is 17.6 Å². The Labute approximate surface area is 127 Å². The van der Waals surface area contributed by atoms with Crippen LogP contribution in [0.1, 0.15) is 43.0 Å². The molecule has 1 amide bonds. The van der Waals surface area contributed by atoms with E-state index in [1.54, 1.807) is 0 Å². The van der Waals surface area contributed by atoms with Gasteiger partial charge >= 0.3 is 0 Å². The van der Waals surface area contributed by atoms with Gasteiger partial charge in [0.1, 0.15) is 11.0 Å². The summed E-state index contributed by atoms with van der Waals surface area (Å²) in [7, 11) is 0. The number of rotatable bonds is 1. The second-order valence-electron chi connectivity index (χ2n) is 5.92. The van der Waals surface area contributed by atoms with Crippen molar-refractivity contribution < 1.29 is 4.79 Å². The number of benzene rings is 1. The van der Waals surface area contributed by atoms with Gasteiger partial charge in [0.05, 0.1) is 11.7 Å². The van der Waals surface area contributed by atoms with Gasteiger partial charge in [-0.3, -0.25) is 4.79 Å². The number of allylic oxidation sites excluding steroid dienone is 1. The minimum absolute atomic E-state index is 0.160. The summed E-state index contributed by atoms with van der Waals surface area (Å²) in [5, 5.41) is 0. The molecular formula is C16H17N3OS. The number of carbonyl (C=O) groups is 1. The number of fused-ring (bicyclic) bond motifs is 3. The standard InChI is InChI=1S/C16H17N3OS/c1-2-10-7-12-4-5-13(8-10)19(12)16(20)11-3-6-14-15(9-11)18-21-17-14/h2-3,6,9,12-13H,4-5,7-8H2,1H3. The van der Waals surface area contributed by atoms with Crippen LogP contribution in [0, 0.1) is 0 Å². The van der Waals surface area contributed by atoms with E-state index >= 15 is 0 Å². The number of aromatic nitrogens is 2. The highest BCUT2D eigenvalue weighted by Gasteiger charge is 2.41. The molecule has 108 valence electrons. The molecule has 0 radical (unpaired) electrons. The number of carbonyl (C=O) groups excluding carboxylic acids is 1. The van der Waals surface area contributed by atoms with E-state index in [0.717, 1.165) is 42.3 Å². The number of amides is 1. The van der Waals surface area contributed by atoms with Gasteiger partial charge in [0.15, 0.2) is 0 Å². The average Bonchev–Trinajstić information content (AvgIpc) is 3.08. The first kappa shape index (κ1) is 13.0. The first-order valence-electron chi connectivity index (χ1n) is 7.45. The lowest BCUT2D eigenvalue weighted by Gasteiger charge is -2.36. The van der Waals surface area contributed by atoms with E-state index in [1.807, 2.05) is 18.2 Å². The Morgan fingerprint density at radius 3 is 2.67 bits per heavy atom. The summed E-state index contributed by atoms with van der Waals surface area (Å²) in [5.41, 5.74) is 3.94. The van der Waals surface area contributed by atoms with E-state index in [1.165, 1.54) is 17.3 Å². The SMILES string of the molecule is CC=C1CC2CCC(C1)N2C(=O)c1ccc2nsnc2c1. The van der Waals surface area contributed by atoms with Crippen molar-refractivity contribution in [2.24, 2.45) is 0 Å². The lowest BCUT2D eigenvalue weighted by molar-refractivity contribution is 0.0635. The van der Waals surface area contributed by atoms with Crippen molar-refractivity contribution in [3.05, 3.63) is 35.4 Å². The predicted molar refractivity (Wildman–Crippen MR) is 83.4 cm³/mol. The quantitative estimate of drug-likeness (QED) is 0.758. The number of piperidine rings is 1. The number of nitrogens with zero attached hydrogens (tertiary/aromatic N) is 3. The fourth-order valence-corrected chi connectivity index (χ4v) is 4.20. The zero-order chi connectivity index (χ0) is 14.4. The minimum atomic E-state index is 0.160. The third-order valence-corrected chi connectivity index (χ3v) is 5.32. The summed E-state index contributed by atoms with van der Waals surface area (Å²) in [6.45, 7) is 2.11. The van der Waals surface area contributed by atoms with E-state index < -0.39 is 0 Å². The number of hydrogen-bond donors (Lipinski definition) is 0. The maximum atomic E-state index is 12.9.